The molecule has 4 heteroatoms. The van der Waals surface area contributed by atoms with E-state index in [0.717, 1.165) is 16.8 Å². The Kier molecular flexibility index (Phi) is 3.57. The predicted octanol–water partition coefficient (Wildman–Crippen LogP) is 2.84. The molecule has 0 unspecified atom stereocenters. The van der Waals surface area contributed by atoms with Crippen molar-refractivity contribution in [2.24, 2.45) is 0 Å². The summed E-state index contributed by atoms with van der Waals surface area (Å²) in [6.45, 7) is 0. The monoisotopic (exact) mass is 241 g/mol. The van der Waals surface area contributed by atoms with Crippen molar-refractivity contribution in [3.8, 4) is 11.1 Å². The Balaban J connectivity index is 2.13. The highest BCUT2D eigenvalue weighted by Gasteiger charge is 2.03. The highest BCUT2D eigenvalue weighted by Crippen LogP contribution is 2.20. The Bertz CT molecular complexity index is 520. The van der Waals surface area contributed by atoms with Crippen molar-refractivity contribution >= 4 is 11.7 Å². The van der Waals surface area contributed by atoms with Crippen LogP contribution in [0, 0.1) is 0 Å². The highest BCUT2D eigenvalue weighted by atomic mass is 16.2. The van der Waals surface area contributed by atoms with E-state index in [0.29, 0.717) is 0 Å². The molecule has 1 heterocycles. The zero-order valence-corrected chi connectivity index (χ0v) is 10.4. The number of aromatic nitrogens is 1. The fourth-order valence-corrected chi connectivity index (χ4v) is 1.53. The average molecular weight is 241 g/mol. The third kappa shape index (κ3) is 2.85. The summed E-state index contributed by atoms with van der Waals surface area (Å²) in [6.07, 6.45) is 3.52. The van der Waals surface area contributed by atoms with Crippen LogP contribution in [0.3, 0.4) is 0 Å². The molecule has 0 saturated carbocycles. The summed E-state index contributed by atoms with van der Waals surface area (Å²) in [5, 5.41) is 2.79. The van der Waals surface area contributed by atoms with Gasteiger partial charge < -0.3 is 10.2 Å². The van der Waals surface area contributed by atoms with Crippen molar-refractivity contribution < 1.29 is 4.79 Å². The van der Waals surface area contributed by atoms with Crippen molar-refractivity contribution in [2.75, 3.05) is 19.4 Å². The summed E-state index contributed by atoms with van der Waals surface area (Å²) >= 11 is 0. The van der Waals surface area contributed by atoms with E-state index in [-0.39, 0.29) is 6.03 Å². The summed E-state index contributed by atoms with van der Waals surface area (Å²) < 4.78 is 0. The van der Waals surface area contributed by atoms with Gasteiger partial charge in [-0.25, -0.2) is 4.79 Å². The standard InChI is InChI=1S/C14H15N3O/c1-17(2)14(18)16-13-5-3-11(4-6-13)12-7-9-15-10-8-12/h3-10H,1-2H3,(H,16,18). The fraction of sp³-hybridized carbons (Fsp3) is 0.143. The van der Waals surface area contributed by atoms with E-state index >= 15 is 0 Å². The molecule has 0 fully saturated rings. The molecular weight excluding hydrogens is 226 g/mol. The molecule has 18 heavy (non-hydrogen) atoms. The molecule has 92 valence electrons. The molecule has 0 atom stereocenters. The van der Waals surface area contributed by atoms with E-state index in [4.69, 9.17) is 0 Å². The topological polar surface area (TPSA) is 45.2 Å². The molecule has 0 radical (unpaired) electrons. The van der Waals surface area contributed by atoms with E-state index in [1.165, 1.54) is 4.90 Å². The van der Waals surface area contributed by atoms with Crippen molar-refractivity contribution in [2.45, 2.75) is 0 Å². The molecule has 1 aromatic carbocycles. The normalized spacial score (nSPS) is 9.89. The summed E-state index contributed by atoms with van der Waals surface area (Å²) in [7, 11) is 3.42. The molecule has 2 rings (SSSR count). The van der Waals surface area contributed by atoms with E-state index < -0.39 is 0 Å². The fourth-order valence-electron chi connectivity index (χ4n) is 1.53. The maximum Gasteiger partial charge on any atom is 0.321 e. The number of nitrogens with zero attached hydrogens (tertiary/aromatic N) is 2. The van der Waals surface area contributed by atoms with E-state index in [9.17, 15) is 4.79 Å². The van der Waals surface area contributed by atoms with Gasteiger partial charge in [-0.2, -0.15) is 0 Å². The number of rotatable bonds is 2. The SMILES string of the molecule is CN(C)C(=O)Nc1ccc(-c2ccncc2)cc1. The number of carbonyl (C=O) groups excluding carboxylic acids is 1. The number of pyridine rings is 1. The molecule has 0 saturated heterocycles. The number of hydrogen-bond acceptors (Lipinski definition) is 2. The number of urea groups is 1. The van der Waals surface area contributed by atoms with E-state index in [2.05, 4.69) is 10.3 Å². The van der Waals surface area contributed by atoms with Gasteiger partial charge in [0.2, 0.25) is 0 Å². The molecule has 0 aliphatic carbocycles. The molecule has 0 spiro atoms. The van der Waals surface area contributed by atoms with Gasteiger partial charge >= 0.3 is 6.03 Å². The first-order valence-electron chi connectivity index (χ1n) is 5.65. The van der Waals surface area contributed by atoms with Gasteiger partial charge in [0, 0.05) is 32.2 Å². The molecule has 0 aliphatic heterocycles. The number of anilines is 1. The van der Waals surface area contributed by atoms with Gasteiger partial charge in [-0.15, -0.1) is 0 Å². The van der Waals surface area contributed by atoms with Crippen molar-refractivity contribution in [1.29, 1.82) is 0 Å². The zero-order chi connectivity index (χ0) is 13.0. The Morgan fingerprint density at radius 3 is 2.11 bits per heavy atom. The number of nitrogens with one attached hydrogen (secondary N) is 1. The number of carbonyl (C=O) groups is 1. The van der Waals surface area contributed by atoms with Gasteiger partial charge in [0.25, 0.3) is 0 Å². The maximum absolute atomic E-state index is 11.5. The molecule has 1 N–H and O–H groups in total. The molecule has 1 aromatic heterocycles. The summed E-state index contributed by atoms with van der Waals surface area (Å²) in [6, 6.07) is 11.5. The molecule has 0 bridgehead atoms. The predicted molar refractivity (Wildman–Crippen MR) is 72.4 cm³/mol. The molecule has 2 aromatic rings. The summed E-state index contributed by atoms with van der Waals surface area (Å²) in [5.41, 5.74) is 2.99. The van der Waals surface area contributed by atoms with Crippen LogP contribution >= 0.6 is 0 Å². The van der Waals surface area contributed by atoms with Gasteiger partial charge in [0.05, 0.1) is 0 Å². The van der Waals surface area contributed by atoms with Crippen LogP contribution in [0.25, 0.3) is 11.1 Å². The second kappa shape index (κ2) is 5.31. The third-order valence-electron chi connectivity index (χ3n) is 2.56. The van der Waals surface area contributed by atoms with Gasteiger partial charge in [-0.3, -0.25) is 4.98 Å². The lowest BCUT2D eigenvalue weighted by Crippen LogP contribution is -2.27. The lowest BCUT2D eigenvalue weighted by atomic mass is 10.1. The van der Waals surface area contributed by atoms with E-state index in [1.807, 2.05) is 36.4 Å². The van der Waals surface area contributed by atoms with Crippen LogP contribution in [0.5, 0.6) is 0 Å². The summed E-state index contributed by atoms with van der Waals surface area (Å²) in [5.74, 6) is 0. The Labute approximate surface area is 106 Å². The second-order valence-corrected chi connectivity index (χ2v) is 4.14. The quantitative estimate of drug-likeness (QED) is 0.878. The largest absolute Gasteiger partial charge is 0.331 e. The first kappa shape index (κ1) is 12.1. The van der Waals surface area contributed by atoms with Crippen molar-refractivity contribution in [1.82, 2.24) is 9.88 Å². The smallest absolute Gasteiger partial charge is 0.321 e. The van der Waals surface area contributed by atoms with Crippen molar-refractivity contribution in [3.05, 3.63) is 48.8 Å². The van der Waals surface area contributed by atoms with Crippen LogP contribution in [0.15, 0.2) is 48.8 Å². The molecule has 4 nitrogen and oxygen atoms in total. The van der Waals surface area contributed by atoms with Crippen LogP contribution in [0.1, 0.15) is 0 Å². The third-order valence-corrected chi connectivity index (χ3v) is 2.56. The lowest BCUT2D eigenvalue weighted by molar-refractivity contribution is 0.230. The average Bonchev–Trinajstić information content (AvgIpc) is 2.40. The van der Waals surface area contributed by atoms with Crippen LogP contribution in [-0.4, -0.2) is 30.0 Å². The van der Waals surface area contributed by atoms with Gasteiger partial charge in [-0.1, -0.05) is 12.1 Å². The van der Waals surface area contributed by atoms with E-state index in [1.54, 1.807) is 26.5 Å². The minimum absolute atomic E-state index is 0.133. The maximum atomic E-state index is 11.5. The number of benzene rings is 1. The Hall–Kier alpha value is -2.36. The first-order chi connectivity index (χ1) is 8.66. The first-order valence-corrected chi connectivity index (χ1v) is 5.65. The Morgan fingerprint density at radius 2 is 1.56 bits per heavy atom. The second-order valence-electron chi connectivity index (χ2n) is 4.14. The minimum atomic E-state index is -0.133. The van der Waals surface area contributed by atoms with Crippen molar-refractivity contribution in [3.63, 3.8) is 0 Å². The zero-order valence-electron chi connectivity index (χ0n) is 10.4. The molecule has 2 amide bonds. The van der Waals surface area contributed by atoms with Gasteiger partial charge in [-0.05, 0) is 35.4 Å². The molecular formula is C14H15N3O. The highest BCUT2D eigenvalue weighted by molar-refractivity contribution is 5.89. The van der Waals surface area contributed by atoms with Gasteiger partial charge in [0.15, 0.2) is 0 Å². The number of amides is 2. The summed E-state index contributed by atoms with van der Waals surface area (Å²) in [4.78, 5) is 17.0. The number of hydrogen-bond donors (Lipinski definition) is 1. The van der Waals surface area contributed by atoms with Gasteiger partial charge in [0.1, 0.15) is 0 Å². The lowest BCUT2D eigenvalue weighted by Gasteiger charge is -2.12. The van der Waals surface area contributed by atoms with Crippen LogP contribution < -0.4 is 5.32 Å². The van der Waals surface area contributed by atoms with Crippen LogP contribution in [0.4, 0.5) is 10.5 Å². The Morgan fingerprint density at radius 1 is 1.00 bits per heavy atom. The minimum Gasteiger partial charge on any atom is -0.331 e. The van der Waals surface area contributed by atoms with Crippen LogP contribution in [0.2, 0.25) is 0 Å². The molecule has 0 aliphatic rings. The van der Waals surface area contributed by atoms with Crippen LogP contribution in [-0.2, 0) is 0 Å².